The summed E-state index contributed by atoms with van der Waals surface area (Å²) in [4.78, 5) is 17.1. The number of ether oxygens (including phenoxy) is 1. The summed E-state index contributed by atoms with van der Waals surface area (Å²) < 4.78 is 46.0. The highest BCUT2D eigenvalue weighted by Gasteiger charge is 2.42. The first-order valence-corrected chi connectivity index (χ1v) is 9.66. The van der Waals surface area contributed by atoms with Crippen LogP contribution in [0.15, 0.2) is 42.6 Å². The number of benzene rings is 1. The van der Waals surface area contributed by atoms with E-state index in [9.17, 15) is 18.0 Å². The molecule has 0 bridgehead atoms. The van der Waals surface area contributed by atoms with Crippen molar-refractivity contribution in [1.29, 1.82) is 0 Å². The van der Waals surface area contributed by atoms with Gasteiger partial charge in [-0.3, -0.25) is 9.78 Å². The van der Waals surface area contributed by atoms with Gasteiger partial charge in [-0.2, -0.15) is 13.2 Å². The minimum Gasteiger partial charge on any atom is -0.484 e. The van der Waals surface area contributed by atoms with Crippen LogP contribution in [0.1, 0.15) is 30.6 Å². The zero-order valence-electron chi connectivity index (χ0n) is 15.8. The fourth-order valence-electron chi connectivity index (χ4n) is 3.39. The normalized spacial score (nSPS) is 20.2. The largest absolute Gasteiger partial charge is 0.484 e. The van der Waals surface area contributed by atoms with E-state index >= 15 is 0 Å². The molecule has 0 aliphatic carbocycles. The molecule has 0 radical (unpaired) electrons. The van der Waals surface area contributed by atoms with E-state index in [-0.39, 0.29) is 18.2 Å². The maximum absolute atomic E-state index is 13.4. The van der Waals surface area contributed by atoms with Crippen LogP contribution in [0.5, 0.6) is 5.75 Å². The summed E-state index contributed by atoms with van der Waals surface area (Å²) in [5.41, 5.74) is 0.681. The number of aromatic nitrogens is 1. The molecular weight excluding hydrogens is 407 g/mol. The van der Waals surface area contributed by atoms with E-state index in [1.165, 1.54) is 24.4 Å². The smallest absolute Gasteiger partial charge is 0.414 e. The van der Waals surface area contributed by atoms with Crippen molar-refractivity contribution in [3.05, 3.63) is 58.9 Å². The Hall–Kier alpha value is -2.32. The van der Waals surface area contributed by atoms with Gasteiger partial charge in [0, 0.05) is 16.8 Å². The van der Waals surface area contributed by atoms with Gasteiger partial charge in [-0.25, -0.2) is 0 Å². The quantitative estimate of drug-likeness (QED) is 0.770. The monoisotopic (exact) mass is 428 g/mol. The van der Waals surface area contributed by atoms with Crippen molar-refractivity contribution in [1.82, 2.24) is 10.3 Å². The lowest BCUT2D eigenvalue weighted by atomic mass is 10.1. The first-order chi connectivity index (χ1) is 13.7. The maximum Gasteiger partial charge on any atom is 0.414 e. The van der Waals surface area contributed by atoms with Gasteiger partial charge in [-0.15, -0.1) is 0 Å². The van der Waals surface area contributed by atoms with E-state index in [2.05, 4.69) is 10.3 Å². The van der Waals surface area contributed by atoms with Gasteiger partial charge in [-0.05, 0) is 37.3 Å². The van der Waals surface area contributed by atoms with E-state index in [0.29, 0.717) is 24.7 Å². The van der Waals surface area contributed by atoms with Crippen molar-refractivity contribution < 1.29 is 27.6 Å². The Morgan fingerprint density at radius 2 is 2.17 bits per heavy atom. The highest BCUT2D eigenvalue weighted by atomic mass is 35.5. The van der Waals surface area contributed by atoms with Crippen LogP contribution in [0.3, 0.4) is 0 Å². The predicted molar refractivity (Wildman–Crippen MR) is 102 cm³/mol. The van der Waals surface area contributed by atoms with Crippen LogP contribution in [0.25, 0.3) is 0 Å². The molecule has 2 aromatic rings. The molecule has 156 valence electrons. The molecule has 5 nitrogen and oxygen atoms in total. The van der Waals surface area contributed by atoms with Crippen LogP contribution in [0, 0.1) is 0 Å². The average Bonchev–Trinajstić information content (AvgIpc) is 2.81. The van der Waals surface area contributed by atoms with Crippen LogP contribution in [0.2, 0.25) is 5.02 Å². The SMILES string of the molecule is CC1C[NH+](CCC(=O)NC(c2ccccn2)C(F)(F)F)Cc2cc(Cl)ccc2O1. The van der Waals surface area contributed by atoms with Gasteiger partial charge >= 0.3 is 6.18 Å². The van der Waals surface area contributed by atoms with Gasteiger partial charge in [0.15, 0.2) is 6.04 Å². The lowest BCUT2D eigenvalue weighted by Gasteiger charge is -2.22. The van der Waals surface area contributed by atoms with Crippen molar-refractivity contribution in [2.75, 3.05) is 13.1 Å². The lowest BCUT2D eigenvalue weighted by Crippen LogP contribution is -3.11. The Labute approximate surface area is 171 Å². The number of rotatable bonds is 5. The number of alkyl halides is 3. The molecule has 3 rings (SSSR count). The third-order valence-electron chi connectivity index (χ3n) is 4.69. The molecule has 1 aliphatic heterocycles. The van der Waals surface area contributed by atoms with Gasteiger partial charge in [0.2, 0.25) is 5.91 Å². The first kappa shape index (κ1) is 21.4. The summed E-state index contributed by atoms with van der Waals surface area (Å²) in [5.74, 6) is 0.0725. The molecule has 1 aromatic heterocycles. The number of hydrogen-bond acceptors (Lipinski definition) is 3. The van der Waals surface area contributed by atoms with Crippen LogP contribution in [0.4, 0.5) is 13.2 Å². The van der Waals surface area contributed by atoms with E-state index in [1.807, 2.05) is 19.1 Å². The molecule has 3 atom stereocenters. The number of fused-ring (bicyclic) bond motifs is 1. The number of nitrogens with one attached hydrogen (secondary N) is 2. The second-order valence-electron chi connectivity index (χ2n) is 7.11. The van der Waals surface area contributed by atoms with Crippen molar-refractivity contribution in [3.63, 3.8) is 0 Å². The Morgan fingerprint density at radius 1 is 1.38 bits per heavy atom. The molecule has 3 unspecified atom stereocenters. The number of hydrogen-bond donors (Lipinski definition) is 2. The topological polar surface area (TPSA) is 55.7 Å². The third kappa shape index (κ3) is 5.83. The zero-order chi connectivity index (χ0) is 21.0. The molecule has 1 amide bonds. The van der Waals surface area contributed by atoms with E-state index < -0.39 is 18.1 Å². The van der Waals surface area contributed by atoms with E-state index in [4.69, 9.17) is 16.3 Å². The summed E-state index contributed by atoms with van der Waals surface area (Å²) in [7, 11) is 0. The minimum atomic E-state index is -4.63. The average molecular weight is 429 g/mol. The van der Waals surface area contributed by atoms with Gasteiger partial charge in [-0.1, -0.05) is 17.7 Å². The molecule has 0 fully saturated rings. The molecule has 1 aliphatic rings. The molecule has 1 aromatic carbocycles. The number of carbonyl (C=O) groups excluding carboxylic acids is 1. The van der Waals surface area contributed by atoms with Crippen molar-refractivity contribution in [2.45, 2.75) is 38.2 Å². The number of halogens is 4. The lowest BCUT2D eigenvalue weighted by molar-refractivity contribution is -0.914. The number of pyridine rings is 1. The van der Waals surface area contributed by atoms with E-state index in [0.717, 1.165) is 16.2 Å². The number of amides is 1. The van der Waals surface area contributed by atoms with Crippen LogP contribution in [-0.2, 0) is 11.3 Å². The predicted octanol–water partition coefficient (Wildman–Crippen LogP) is 2.71. The molecule has 29 heavy (non-hydrogen) atoms. The van der Waals surface area contributed by atoms with Crippen LogP contribution >= 0.6 is 11.6 Å². The van der Waals surface area contributed by atoms with E-state index in [1.54, 1.807) is 6.07 Å². The fraction of sp³-hybridized carbons (Fsp3) is 0.400. The van der Waals surface area contributed by atoms with Gasteiger partial charge < -0.3 is 15.0 Å². The highest BCUT2D eigenvalue weighted by molar-refractivity contribution is 6.30. The summed E-state index contributed by atoms with van der Waals surface area (Å²) in [6, 6.07) is 7.48. The maximum atomic E-state index is 13.4. The zero-order valence-corrected chi connectivity index (χ0v) is 16.6. The fourth-order valence-corrected chi connectivity index (χ4v) is 3.59. The second-order valence-corrected chi connectivity index (χ2v) is 7.54. The molecule has 2 heterocycles. The molecule has 2 N–H and O–H groups in total. The summed E-state index contributed by atoms with van der Waals surface area (Å²) in [5, 5.41) is 2.66. The summed E-state index contributed by atoms with van der Waals surface area (Å²) in [6.45, 7) is 3.50. The first-order valence-electron chi connectivity index (χ1n) is 9.28. The van der Waals surface area contributed by atoms with Crippen molar-refractivity contribution in [3.8, 4) is 5.75 Å². The van der Waals surface area contributed by atoms with Gasteiger partial charge in [0.05, 0.1) is 18.7 Å². The van der Waals surface area contributed by atoms with Gasteiger partial charge in [0.1, 0.15) is 24.9 Å². The number of quaternary nitrogens is 1. The number of carbonyl (C=O) groups is 1. The van der Waals surface area contributed by atoms with Crippen LogP contribution in [-0.4, -0.2) is 36.3 Å². The van der Waals surface area contributed by atoms with Crippen LogP contribution < -0.4 is 15.0 Å². The Bertz CT molecular complexity index is 849. The van der Waals surface area contributed by atoms with Gasteiger partial charge in [0.25, 0.3) is 0 Å². The second kappa shape index (κ2) is 9.00. The summed E-state index contributed by atoms with van der Waals surface area (Å²) >= 11 is 6.06. The standard InChI is InChI=1S/C20H21ClF3N3O2/c1-13-11-27(12-14-10-15(21)5-6-17(14)29-13)9-7-18(28)26-19(20(22,23)24)16-4-2-3-8-25-16/h2-6,8,10,13,19H,7,9,11-12H2,1H3,(H,26,28)/p+1. The van der Waals surface area contributed by atoms with Crippen molar-refractivity contribution in [2.24, 2.45) is 0 Å². The number of nitrogens with zero attached hydrogens (tertiary/aromatic N) is 1. The molecular formula is C20H22ClF3N3O2+. The molecule has 0 saturated carbocycles. The molecule has 9 heteroatoms. The highest BCUT2D eigenvalue weighted by Crippen LogP contribution is 2.31. The minimum absolute atomic E-state index is 0.0443. The Morgan fingerprint density at radius 3 is 2.86 bits per heavy atom. The molecule has 0 saturated heterocycles. The van der Waals surface area contributed by atoms with Crippen molar-refractivity contribution >= 4 is 17.5 Å². The Kier molecular flexibility index (Phi) is 6.64. The third-order valence-corrected chi connectivity index (χ3v) is 4.92. The Balaban J connectivity index is 1.63. The summed E-state index contributed by atoms with van der Waals surface area (Å²) in [6.07, 6.45) is -3.49. The molecule has 0 spiro atoms.